The summed E-state index contributed by atoms with van der Waals surface area (Å²) in [6, 6.07) is 4.45. The second-order valence-corrected chi connectivity index (χ2v) is 8.32. The maximum atomic E-state index is 13.0. The molecule has 0 aliphatic carbocycles. The number of hydrogen-bond donors (Lipinski definition) is 1. The van der Waals surface area contributed by atoms with E-state index in [0.717, 1.165) is 23.9 Å². The highest BCUT2D eigenvalue weighted by atomic mass is 16.6. The number of nitrogens with zero attached hydrogens (tertiary/aromatic N) is 5. The molecule has 1 N–H and O–H groups in total. The molecule has 12 nitrogen and oxygen atoms in total. The summed E-state index contributed by atoms with van der Waals surface area (Å²) in [4.78, 5) is 47.4. The molecule has 0 fully saturated rings. The number of anilines is 1. The minimum Gasteiger partial charge on any atom is -0.329 e. The highest BCUT2D eigenvalue weighted by Crippen LogP contribution is 2.25. The Morgan fingerprint density at radius 3 is 2.09 bits per heavy atom. The molecule has 12 heteroatoms. The van der Waals surface area contributed by atoms with E-state index in [9.17, 15) is 29.8 Å². The van der Waals surface area contributed by atoms with Crippen molar-refractivity contribution in [2.45, 2.75) is 39.5 Å². The van der Waals surface area contributed by atoms with Gasteiger partial charge in [-0.1, -0.05) is 27.7 Å². The number of hydrogen-bond acceptors (Lipinski definition) is 7. The van der Waals surface area contributed by atoms with E-state index in [1.165, 1.54) is 9.58 Å². The number of nitrogens with one attached hydrogen (secondary N) is 1. The van der Waals surface area contributed by atoms with E-state index in [1.807, 2.05) is 20.8 Å². The van der Waals surface area contributed by atoms with Crippen molar-refractivity contribution in [2.75, 3.05) is 18.4 Å². The molecule has 0 aliphatic rings. The van der Waals surface area contributed by atoms with Gasteiger partial charge in [0, 0.05) is 37.2 Å². The number of nitro benzene ring substituents is 2. The van der Waals surface area contributed by atoms with Gasteiger partial charge in [0.2, 0.25) is 5.91 Å². The van der Waals surface area contributed by atoms with Crippen LogP contribution < -0.4 is 5.32 Å². The molecule has 0 radical (unpaired) electrons. The smallest absolute Gasteiger partial charge is 0.277 e. The Morgan fingerprint density at radius 2 is 1.66 bits per heavy atom. The molecule has 0 spiro atoms. The zero-order valence-electron chi connectivity index (χ0n) is 18.6. The number of carbonyl (C=O) groups excluding carboxylic acids is 2. The number of aromatic nitrogens is 2. The molecule has 0 bridgehead atoms. The number of non-ortho nitro benzene ring substituents is 2. The first-order chi connectivity index (χ1) is 14.8. The minimum absolute atomic E-state index is 0.182. The van der Waals surface area contributed by atoms with E-state index in [1.54, 1.807) is 20.0 Å². The molecular formula is C20H26N6O6. The monoisotopic (exact) mass is 446 g/mol. The predicted octanol–water partition coefficient (Wildman–Crippen LogP) is 3.02. The maximum absolute atomic E-state index is 13.0. The summed E-state index contributed by atoms with van der Waals surface area (Å²) in [6.45, 7) is 7.60. The zero-order valence-corrected chi connectivity index (χ0v) is 18.6. The summed E-state index contributed by atoms with van der Waals surface area (Å²) < 4.78 is 1.52. The fourth-order valence-corrected chi connectivity index (χ4v) is 2.94. The van der Waals surface area contributed by atoms with Crippen LogP contribution in [0.4, 0.5) is 17.2 Å². The highest BCUT2D eigenvalue weighted by Gasteiger charge is 2.25. The average molecular weight is 446 g/mol. The molecule has 2 amide bonds. The summed E-state index contributed by atoms with van der Waals surface area (Å²) in [5.41, 5.74) is -0.827. The lowest BCUT2D eigenvalue weighted by Crippen LogP contribution is -2.38. The summed E-state index contributed by atoms with van der Waals surface area (Å²) in [5, 5.41) is 29.3. The van der Waals surface area contributed by atoms with Gasteiger partial charge in [-0.3, -0.25) is 34.5 Å². The molecule has 172 valence electrons. The quantitative estimate of drug-likeness (QED) is 0.483. The van der Waals surface area contributed by atoms with Gasteiger partial charge in [0.15, 0.2) is 0 Å². The van der Waals surface area contributed by atoms with Crippen molar-refractivity contribution in [3.63, 3.8) is 0 Å². The standard InChI is InChI=1S/C20H26N6O6/c1-6-7-24(12-18(27)21-17-11-16(20(2,3)4)22-23(17)5)19(28)13-8-14(25(29)30)10-15(9-13)26(31)32/h8-11H,6-7,12H2,1-5H3,(H,21,27). The SMILES string of the molecule is CCCN(CC(=O)Nc1cc(C(C)(C)C)nn1C)C(=O)c1cc([N+](=O)[O-])cc([N+](=O)[O-])c1. The summed E-state index contributed by atoms with van der Waals surface area (Å²) >= 11 is 0. The number of carbonyl (C=O) groups is 2. The topological polar surface area (TPSA) is 154 Å². The van der Waals surface area contributed by atoms with Crippen LogP contribution >= 0.6 is 0 Å². The Hall–Kier alpha value is -3.83. The molecule has 0 saturated heterocycles. The lowest BCUT2D eigenvalue weighted by atomic mass is 9.92. The van der Waals surface area contributed by atoms with Gasteiger partial charge in [-0.25, -0.2) is 0 Å². The van der Waals surface area contributed by atoms with E-state index in [2.05, 4.69) is 10.4 Å². The number of aryl methyl sites for hydroxylation is 1. The van der Waals surface area contributed by atoms with Crippen LogP contribution in [0.25, 0.3) is 0 Å². The van der Waals surface area contributed by atoms with Gasteiger partial charge in [-0.05, 0) is 6.42 Å². The van der Waals surface area contributed by atoms with Crippen LogP contribution in [0.3, 0.4) is 0 Å². The Labute approximate surface area is 184 Å². The third-order valence-electron chi connectivity index (χ3n) is 4.60. The van der Waals surface area contributed by atoms with Gasteiger partial charge in [-0.2, -0.15) is 5.10 Å². The second-order valence-electron chi connectivity index (χ2n) is 8.32. The van der Waals surface area contributed by atoms with E-state index in [0.29, 0.717) is 12.2 Å². The van der Waals surface area contributed by atoms with Crippen molar-refractivity contribution in [1.29, 1.82) is 0 Å². The van der Waals surface area contributed by atoms with Crippen molar-refractivity contribution in [3.8, 4) is 0 Å². The van der Waals surface area contributed by atoms with Gasteiger partial charge in [-0.15, -0.1) is 0 Å². The molecule has 32 heavy (non-hydrogen) atoms. The number of nitro groups is 2. The van der Waals surface area contributed by atoms with Gasteiger partial charge in [0.25, 0.3) is 17.3 Å². The normalized spacial score (nSPS) is 11.2. The van der Waals surface area contributed by atoms with E-state index < -0.39 is 33.0 Å². The predicted molar refractivity (Wildman–Crippen MR) is 116 cm³/mol. The molecule has 1 aromatic heterocycles. The molecule has 2 rings (SSSR count). The number of amides is 2. The first-order valence-corrected chi connectivity index (χ1v) is 9.91. The molecule has 2 aromatic rings. The molecule has 0 saturated carbocycles. The Bertz CT molecular complexity index is 1020. The number of benzene rings is 1. The second kappa shape index (κ2) is 9.54. The fourth-order valence-electron chi connectivity index (χ4n) is 2.94. The number of rotatable bonds is 8. The van der Waals surface area contributed by atoms with Crippen LogP contribution in [0.1, 0.15) is 50.2 Å². The van der Waals surface area contributed by atoms with Crippen LogP contribution in [0, 0.1) is 20.2 Å². The van der Waals surface area contributed by atoms with Gasteiger partial charge in [0.05, 0.1) is 27.2 Å². The Balaban J connectivity index is 2.26. The molecule has 0 unspecified atom stereocenters. The molecule has 0 aliphatic heterocycles. The minimum atomic E-state index is -0.810. The summed E-state index contributed by atoms with van der Waals surface area (Å²) in [7, 11) is 1.68. The average Bonchev–Trinajstić information content (AvgIpc) is 3.07. The van der Waals surface area contributed by atoms with Crippen LogP contribution in [0.5, 0.6) is 0 Å². The van der Waals surface area contributed by atoms with Crippen LogP contribution in [-0.2, 0) is 17.3 Å². The van der Waals surface area contributed by atoms with Gasteiger partial charge < -0.3 is 10.2 Å². The van der Waals surface area contributed by atoms with Crippen molar-refractivity contribution in [1.82, 2.24) is 14.7 Å². The van der Waals surface area contributed by atoms with Crippen molar-refractivity contribution in [3.05, 3.63) is 55.8 Å². The fraction of sp³-hybridized carbons (Fsp3) is 0.450. The largest absolute Gasteiger partial charge is 0.329 e. The van der Waals surface area contributed by atoms with Crippen molar-refractivity contribution >= 4 is 29.0 Å². The summed E-state index contributed by atoms with van der Waals surface area (Å²) in [5.74, 6) is -0.751. The van der Waals surface area contributed by atoms with Crippen LogP contribution in [0.2, 0.25) is 0 Å². The van der Waals surface area contributed by atoms with E-state index >= 15 is 0 Å². The first kappa shape index (κ1) is 24.4. The zero-order chi connectivity index (χ0) is 24.2. The Kier molecular flexibility index (Phi) is 7.28. The van der Waals surface area contributed by atoms with Gasteiger partial charge >= 0.3 is 0 Å². The highest BCUT2D eigenvalue weighted by molar-refractivity contribution is 6.00. The van der Waals surface area contributed by atoms with Crippen LogP contribution in [0.15, 0.2) is 24.3 Å². The molecule has 1 heterocycles. The van der Waals surface area contributed by atoms with Gasteiger partial charge in [0.1, 0.15) is 12.4 Å². The van der Waals surface area contributed by atoms with E-state index in [4.69, 9.17) is 0 Å². The molecule has 1 aromatic carbocycles. The summed E-state index contributed by atoms with van der Waals surface area (Å²) in [6.07, 6.45) is 0.510. The molecule has 0 atom stereocenters. The van der Waals surface area contributed by atoms with E-state index in [-0.39, 0.29) is 24.1 Å². The lowest BCUT2D eigenvalue weighted by Gasteiger charge is -2.21. The molecular weight excluding hydrogens is 420 g/mol. The van der Waals surface area contributed by atoms with Crippen LogP contribution in [-0.4, -0.2) is 49.4 Å². The van der Waals surface area contributed by atoms with Crippen molar-refractivity contribution in [2.24, 2.45) is 7.05 Å². The van der Waals surface area contributed by atoms with Crippen molar-refractivity contribution < 1.29 is 19.4 Å². The lowest BCUT2D eigenvalue weighted by molar-refractivity contribution is -0.394. The third-order valence-corrected chi connectivity index (χ3v) is 4.60. The maximum Gasteiger partial charge on any atom is 0.277 e. The third kappa shape index (κ3) is 5.86. The first-order valence-electron chi connectivity index (χ1n) is 9.91. The Morgan fingerprint density at radius 1 is 1.09 bits per heavy atom.